The van der Waals surface area contributed by atoms with E-state index in [1.54, 1.807) is 31.2 Å². The number of urea groups is 1. The summed E-state index contributed by atoms with van der Waals surface area (Å²) >= 11 is 0. The number of ether oxygens (including phenoxy) is 1. The van der Waals surface area contributed by atoms with Gasteiger partial charge >= 0.3 is 12.0 Å². The van der Waals surface area contributed by atoms with Gasteiger partial charge in [0, 0.05) is 5.69 Å². The zero-order valence-electron chi connectivity index (χ0n) is 17.7. The van der Waals surface area contributed by atoms with Crippen molar-refractivity contribution in [2.45, 2.75) is 32.7 Å². The van der Waals surface area contributed by atoms with Gasteiger partial charge in [-0.15, -0.1) is 0 Å². The fourth-order valence-electron chi connectivity index (χ4n) is 3.23. The average Bonchev–Trinajstić information content (AvgIpc) is 2.96. The Balaban J connectivity index is 1.64. The first-order chi connectivity index (χ1) is 14.7. The Morgan fingerprint density at radius 2 is 1.71 bits per heavy atom. The van der Waals surface area contributed by atoms with Gasteiger partial charge in [0.05, 0.1) is 12.2 Å². The number of carbonyl (C=O) groups is 4. The minimum Gasteiger partial charge on any atom is -0.462 e. The van der Waals surface area contributed by atoms with E-state index in [1.807, 2.05) is 26.0 Å². The Kier molecular flexibility index (Phi) is 6.39. The molecule has 0 aliphatic carbocycles. The highest BCUT2D eigenvalue weighted by Gasteiger charge is 2.49. The normalized spacial score (nSPS) is 18.0. The number of aryl methyl sites for hydroxylation is 1. The minimum absolute atomic E-state index is 0.338. The van der Waals surface area contributed by atoms with Crippen LogP contribution < -0.4 is 10.6 Å². The molecule has 1 aliphatic heterocycles. The third-order valence-corrected chi connectivity index (χ3v) is 5.05. The standard InChI is InChI=1S/C23H25N3O5/c1-4-13-31-20(28)16-7-11-18(12-8-16)24-19(27)14-26-21(29)23(3,25-22(26)30)17-9-5-15(2)6-10-17/h5-12H,4,13-14H2,1-3H3,(H,24,27)(H,25,30)/t23-/m1/s1. The second kappa shape index (κ2) is 8.99. The van der Waals surface area contributed by atoms with Crippen molar-refractivity contribution in [3.05, 3.63) is 65.2 Å². The highest BCUT2D eigenvalue weighted by Crippen LogP contribution is 2.29. The van der Waals surface area contributed by atoms with Gasteiger partial charge in [-0.05, 0) is 50.1 Å². The van der Waals surface area contributed by atoms with Crippen molar-refractivity contribution in [1.29, 1.82) is 0 Å². The van der Waals surface area contributed by atoms with Crippen LogP contribution in [0.1, 0.15) is 41.8 Å². The molecule has 1 saturated heterocycles. The molecule has 4 amide bonds. The van der Waals surface area contributed by atoms with Crippen LogP contribution in [0.4, 0.5) is 10.5 Å². The van der Waals surface area contributed by atoms with E-state index in [1.165, 1.54) is 12.1 Å². The van der Waals surface area contributed by atoms with E-state index in [2.05, 4.69) is 10.6 Å². The number of hydrogen-bond donors (Lipinski definition) is 2. The minimum atomic E-state index is -1.23. The summed E-state index contributed by atoms with van der Waals surface area (Å²) in [5, 5.41) is 5.31. The van der Waals surface area contributed by atoms with Gasteiger partial charge in [-0.2, -0.15) is 0 Å². The van der Waals surface area contributed by atoms with Crippen molar-refractivity contribution in [2.24, 2.45) is 0 Å². The third kappa shape index (κ3) is 4.74. The lowest BCUT2D eigenvalue weighted by Gasteiger charge is -2.22. The number of rotatable bonds is 7. The predicted molar refractivity (Wildman–Crippen MR) is 114 cm³/mol. The van der Waals surface area contributed by atoms with Crippen LogP contribution in [0.2, 0.25) is 0 Å². The maximum absolute atomic E-state index is 12.9. The first-order valence-electron chi connectivity index (χ1n) is 10.0. The lowest BCUT2D eigenvalue weighted by atomic mass is 9.91. The lowest BCUT2D eigenvalue weighted by Crippen LogP contribution is -2.42. The average molecular weight is 423 g/mol. The van der Waals surface area contributed by atoms with Crippen LogP contribution in [0.25, 0.3) is 0 Å². The topological polar surface area (TPSA) is 105 Å². The maximum atomic E-state index is 12.9. The molecule has 1 heterocycles. The summed E-state index contributed by atoms with van der Waals surface area (Å²) in [6.07, 6.45) is 0.728. The van der Waals surface area contributed by atoms with E-state index in [9.17, 15) is 19.2 Å². The molecule has 0 unspecified atom stereocenters. The summed E-state index contributed by atoms with van der Waals surface area (Å²) in [6, 6.07) is 12.8. The summed E-state index contributed by atoms with van der Waals surface area (Å²) < 4.78 is 5.06. The van der Waals surface area contributed by atoms with Crippen LogP contribution in [0.15, 0.2) is 48.5 Å². The third-order valence-electron chi connectivity index (χ3n) is 5.05. The monoisotopic (exact) mass is 423 g/mol. The lowest BCUT2D eigenvalue weighted by molar-refractivity contribution is -0.133. The van der Waals surface area contributed by atoms with E-state index in [0.717, 1.165) is 16.9 Å². The van der Waals surface area contributed by atoms with Crippen LogP contribution in [0.5, 0.6) is 0 Å². The highest BCUT2D eigenvalue weighted by atomic mass is 16.5. The molecule has 31 heavy (non-hydrogen) atoms. The molecule has 162 valence electrons. The molecular formula is C23H25N3O5. The van der Waals surface area contributed by atoms with Crippen LogP contribution in [-0.4, -0.2) is 41.9 Å². The van der Waals surface area contributed by atoms with E-state index in [-0.39, 0.29) is 0 Å². The van der Waals surface area contributed by atoms with E-state index < -0.39 is 35.9 Å². The molecule has 0 spiro atoms. The molecule has 0 aromatic heterocycles. The van der Waals surface area contributed by atoms with E-state index in [0.29, 0.717) is 23.4 Å². The number of benzene rings is 2. The molecule has 1 aliphatic rings. The Bertz CT molecular complexity index is 1000. The van der Waals surface area contributed by atoms with Gasteiger partial charge in [0.25, 0.3) is 5.91 Å². The molecule has 0 radical (unpaired) electrons. The van der Waals surface area contributed by atoms with E-state index in [4.69, 9.17) is 4.74 Å². The number of esters is 1. The van der Waals surface area contributed by atoms with Gasteiger partial charge in [0.2, 0.25) is 5.91 Å². The summed E-state index contributed by atoms with van der Waals surface area (Å²) in [6.45, 7) is 5.36. The second-order valence-electron chi connectivity index (χ2n) is 7.57. The Morgan fingerprint density at radius 1 is 1.06 bits per heavy atom. The zero-order valence-corrected chi connectivity index (χ0v) is 17.7. The van der Waals surface area contributed by atoms with Crippen molar-refractivity contribution in [3.8, 4) is 0 Å². The fourth-order valence-corrected chi connectivity index (χ4v) is 3.23. The van der Waals surface area contributed by atoms with Crippen molar-refractivity contribution in [2.75, 3.05) is 18.5 Å². The summed E-state index contributed by atoms with van der Waals surface area (Å²) in [5.74, 6) is -1.46. The largest absolute Gasteiger partial charge is 0.462 e. The summed E-state index contributed by atoms with van der Waals surface area (Å²) in [7, 11) is 0. The number of amides is 4. The van der Waals surface area contributed by atoms with Gasteiger partial charge in [0.1, 0.15) is 12.1 Å². The SMILES string of the molecule is CCCOC(=O)c1ccc(NC(=O)CN2C(=O)N[C@](C)(c3ccc(C)cc3)C2=O)cc1. The number of nitrogens with one attached hydrogen (secondary N) is 2. The smallest absolute Gasteiger partial charge is 0.338 e. The van der Waals surface area contributed by atoms with Crippen LogP contribution >= 0.6 is 0 Å². The Hall–Kier alpha value is -3.68. The van der Waals surface area contributed by atoms with Gasteiger partial charge in [0.15, 0.2) is 0 Å². The van der Waals surface area contributed by atoms with Crippen LogP contribution in [0, 0.1) is 6.92 Å². The van der Waals surface area contributed by atoms with Gasteiger partial charge in [-0.25, -0.2) is 9.59 Å². The fraction of sp³-hybridized carbons (Fsp3) is 0.304. The quantitative estimate of drug-likeness (QED) is 0.526. The molecule has 2 aromatic rings. The molecule has 0 bridgehead atoms. The molecule has 1 atom stereocenters. The van der Waals surface area contributed by atoms with Crippen LogP contribution in [0.3, 0.4) is 0 Å². The van der Waals surface area contributed by atoms with Gasteiger partial charge < -0.3 is 15.4 Å². The Morgan fingerprint density at radius 3 is 2.32 bits per heavy atom. The number of imide groups is 1. The molecule has 3 rings (SSSR count). The number of carbonyl (C=O) groups excluding carboxylic acids is 4. The molecule has 8 nitrogen and oxygen atoms in total. The predicted octanol–water partition coefficient (Wildman–Crippen LogP) is 2.97. The molecular weight excluding hydrogens is 398 g/mol. The molecule has 2 aromatic carbocycles. The number of nitrogens with zero attached hydrogens (tertiary/aromatic N) is 1. The molecule has 0 saturated carbocycles. The molecule has 1 fully saturated rings. The number of hydrogen-bond acceptors (Lipinski definition) is 5. The summed E-state index contributed by atoms with van der Waals surface area (Å²) in [5.41, 5.74) is 1.25. The maximum Gasteiger partial charge on any atom is 0.338 e. The molecule has 8 heteroatoms. The van der Waals surface area contributed by atoms with Gasteiger partial charge in [-0.3, -0.25) is 14.5 Å². The molecule has 2 N–H and O–H groups in total. The second-order valence-corrected chi connectivity index (χ2v) is 7.57. The summed E-state index contributed by atoms with van der Waals surface area (Å²) in [4.78, 5) is 50.5. The van der Waals surface area contributed by atoms with Crippen molar-refractivity contribution < 1.29 is 23.9 Å². The number of anilines is 1. The van der Waals surface area contributed by atoms with Gasteiger partial charge in [-0.1, -0.05) is 36.8 Å². The van der Waals surface area contributed by atoms with Crippen LogP contribution in [-0.2, 0) is 19.9 Å². The first-order valence-corrected chi connectivity index (χ1v) is 10.0. The van der Waals surface area contributed by atoms with Crippen molar-refractivity contribution >= 4 is 29.5 Å². The highest BCUT2D eigenvalue weighted by molar-refractivity contribution is 6.10. The van der Waals surface area contributed by atoms with Crippen molar-refractivity contribution in [1.82, 2.24) is 10.2 Å². The van der Waals surface area contributed by atoms with Crippen molar-refractivity contribution in [3.63, 3.8) is 0 Å². The van der Waals surface area contributed by atoms with E-state index >= 15 is 0 Å². The first kappa shape index (κ1) is 22.0. The Labute approximate surface area is 180 Å². The zero-order chi connectivity index (χ0) is 22.6.